The minimum absolute atomic E-state index is 0.140. The van der Waals surface area contributed by atoms with Gasteiger partial charge in [0.15, 0.2) is 0 Å². The summed E-state index contributed by atoms with van der Waals surface area (Å²) in [4.78, 5) is 22.1. The summed E-state index contributed by atoms with van der Waals surface area (Å²) >= 11 is 0. The molecule has 2 amide bonds. The molecule has 0 heterocycles. The van der Waals surface area contributed by atoms with Crippen LogP contribution in [0.5, 0.6) is 0 Å². The van der Waals surface area contributed by atoms with Crippen LogP contribution in [0.25, 0.3) is 0 Å². The number of amides is 2. The largest absolute Gasteiger partial charge is 0.366 e. The number of para-hydroxylation sites is 1. The number of benzene rings is 1. The molecule has 0 spiro atoms. The third-order valence-electron chi connectivity index (χ3n) is 1.79. The molecule has 0 bridgehead atoms. The molecular formula is C12H18N2O2. The van der Waals surface area contributed by atoms with Crippen molar-refractivity contribution in [1.82, 2.24) is 0 Å². The molecule has 1 rings (SSSR count). The van der Waals surface area contributed by atoms with Crippen molar-refractivity contribution in [2.24, 2.45) is 5.73 Å². The number of carbonyl (C=O) groups is 2. The van der Waals surface area contributed by atoms with Gasteiger partial charge in [0.2, 0.25) is 5.91 Å². The Labute approximate surface area is 95.8 Å². The van der Waals surface area contributed by atoms with E-state index in [-0.39, 0.29) is 5.91 Å². The molecule has 0 aliphatic carbocycles. The van der Waals surface area contributed by atoms with E-state index in [0.717, 1.165) is 0 Å². The number of hydrogen-bond donors (Lipinski definition) is 2. The van der Waals surface area contributed by atoms with E-state index in [2.05, 4.69) is 5.32 Å². The van der Waals surface area contributed by atoms with E-state index in [1.807, 2.05) is 13.8 Å². The molecule has 16 heavy (non-hydrogen) atoms. The zero-order chi connectivity index (χ0) is 12.6. The van der Waals surface area contributed by atoms with E-state index >= 15 is 0 Å². The van der Waals surface area contributed by atoms with Crippen LogP contribution in [0.15, 0.2) is 24.3 Å². The first-order chi connectivity index (χ1) is 7.65. The van der Waals surface area contributed by atoms with Gasteiger partial charge in [-0.3, -0.25) is 9.59 Å². The van der Waals surface area contributed by atoms with Gasteiger partial charge in [0.25, 0.3) is 5.91 Å². The Morgan fingerprint density at radius 2 is 1.81 bits per heavy atom. The standard InChI is InChI=1S/C10H12N2O2.C2H6/c1-2-9(13)12-8-6-4-3-5-7(8)10(11)14;1-2/h3-6H,2H2,1H3,(H2,11,14)(H,12,13);1-2H3. The lowest BCUT2D eigenvalue weighted by molar-refractivity contribution is -0.115. The Kier molecular flexibility index (Phi) is 6.59. The second kappa shape index (κ2) is 7.45. The highest BCUT2D eigenvalue weighted by Crippen LogP contribution is 2.14. The minimum Gasteiger partial charge on any atom is -0.366 e. The van der Waals surface area contributed by atoms with Crippen LogP contribution >= 0.6 is 0 Å². The van der Waals surface area contributed by atoms with Crippen molar-refractivity contribution in [3.63, 3.8) is 0 Å². The topological polar surface area (TPSA) is 72.2 Å². The molecular weight excluding hydrogens is 204 g/mol. The van der Waals surface area contributed by atoms with Crippen LogP contribution in [0, 0.1) is 0 Å². The Hall–Kier alpha value is -1.84. The second-order valence-electron chi connectivity index (χ2n) is 2.81. The third-order valence-corrected chi connectivity index (χ3v) is 1.79. The Morgan fingerprint density at radius 1 is 1.25 bits per heavy atom. The van der Waals surface area contributed by atoms with Gasteiger partial charge < -0.3 is 11.1 Å². The molecule has 1 aromatic carbocycles. The van der Waals surface area contributed by atoms with Crippen LogP contribution in [-0.4, -0.2) is 11.8 Å². The predicted octanol–water partition coefficient (Wildman–Crippen LogP) is 2.16. The molecule has 3 N–H and O–H groups in total. The number of nitrogens with two attached hydrogens (primary N) is 1. The molecule has 0 unspecified atom stereocenters. The van der Waals surface area contributed by atoms with E-state index in [1.165, 1.54) is 0 Å². The summed E-state index contributed by atoms with van der Waals surface area (Å²) in [7, 11) is 0. The fourth-order valence-electron chi connectivity index (χ4n) is 1.05. The van der Waals surface area contributed by atoms with Gasteiger partial charge in [-0.1, -0.05) is 32.9 Å². The van der Waals surface area contributed by atoms with Crippen LogP contribution in [0.4, 0.5) is 5.69 Å². The van der Waals surface area contributed by atoms with Crippen molar-refractivity contribution in [2.45, 2.75) is 27.2 Å². The quantitative estimate of drug-likeness (QED) is 0.822. The first-order valence-corrected chi connectivity index (χ1v) is 5.33. The Morgan fingerprint density at radius 3 is 2.31 bits per heavy atom. The summed E-state index contributed by atoms with van der Waals surface area (Å²) < 4.78 is 0. The van der Waals surface area contributed by atoms with E-state index < -0.39 is 5.91 Å². The Balaban J connectivity index is 0.00000106. The van der Waals surface area contributed by atoms with E-state index in [0.29, 0.717) is 17.7 Å². The molecule has 0 aromatic heterocycles. The van der Waals surface area contributed by atoms with Crippen molar-refractivity contribution in [3.05, 3.63) is 29.8 Å². The van der Waals surface area contributed by atoms with Crippen molar-refractivity contribution >= 4 is 17.5 Å². The normalized spacial score (nSPS) is 8.69. The molecule has 88 valence electrons. The second-order valence-corrected chi connectivity index (χ2v) is 2.81. The fraction of sp³-hybridized carbons (Fsp3) is 0.333. The third kappa shape index (κ3) is 4.13. The highest BCUT2D eigenvalue weighted by Gasteiger charge is 2.08. The van der Waals surface area contributed by atoms with Crippen LogP contribution in [0.2, 0.25) is 0 Å². The molecule has 0 aliphatic heterocycles. The molecule has 0 radical (unpaired) electrons. The molecule has 0 fully saturated rings. The van der Waals surface area contributed by atoms with Gasteiger partial charge in [0.05, 0.1) is 11.3 Å². The molecule has 4 heteroatoms. The fourth-order valence-corrected chi connectivity index (χ4v) is 1.05. The predicted molar refractivity (Wildman–Crippen MR) is 65.2 cm³/mol. The highest BCUT2D eigenvalue weighted by atomic mass is 16.2. The number of carbonyl (C=O) groups excluding carboxylic acids is 2. The summed E-state index contributed by atoms with van der Waals surface area (Å²) in [6.45, 7) is 5.74. The van der Waals surface area contributed by atoms with Gasteiger partial charge >= 0.3 is 0 Å². The van der Waals surface area contributed by atoms with Gasteiger partial charge in [-0.25, -0.2) is 0 Å². The lowest BCUT2D eigenvalue weighted by Gasteiger charge is -2.06. The van der Waals surface area contributed by atoms with Gasteiger partial charge in [0.1, 0.15) is 0 Å². The first-order valence-electron chi connectivity index (χ1n) is 5.33. The number of anilines is 1. The number of nitrogens with one attached hydrogen (secondary N) is 1. The van der Waals surface area contributed by atoms with Crippen LogP contribution in [0.1, 0.15) is 37.6 Å². The van der Waals surface area contributed by atoms with E-state index in [4.69, 9.17) is 5.73 Å². The molecule has 4 nitrogen and oxygen atoms in total. The van der Waals surface area contributed by atoms with Crippen molar-refractivity contribution in [3.8, 4) is 0 Å². The zero-order valence-electron chi connectivity index (χ0n) is 9.91. The molecule has 1 aromatic rings. The van der Waals surface area contributed by atoms with Gasteiger partial charge in [-0.05, 0) is 12.1 Å². The minimum atomic E-state index is -0.544. The SMILES string of the molecule is CC.CCC(=O)Nc1ccccc1C(N)=O. The molecule has 0 saturated carbocycles. The monoisotopic (exact) mass is 222 g/mol. The van der Waals surface area contributed by atoms with E-state index in [1.54, 1.807) is 31.2 Å². The van der Waals surface area contributed by atoms with Crippen molar-refractivity contribution < 1.29 is 9.59 Å². The Bertz CT molecular complexity index is 362. The van der Waals surface area contributed by atoms with Gasteiger partial charge in [-0.2, -0.15) is 0 Å². The van der Waals surface area contributed by atoms with Gasteiger partial charge in [0, 0.05) is 6.42 Å². The first kappa shape index (κ1) is 14.2. The zero-order valence-corrected chi connectivity index (χ0v) is 9.91. The van der Waals surface area contributed by atoms with Crippen LogP contribution in [-0.2, 0) is 4.79 Å². The summed E-state index contributed by atoms with van der Waals surface area (Å²) in [6, 6.07) is 6.65. The maximum atomic E-state index is 11.1. The molecule has 0 atom stereocenters. The number of rotatable bonds is 3. The summed E-state index contributed by atoms with van der Waals surface area (Å²) in [5.41, 5.74) is 5.93. The molecule has 0 saturated heterocycles. The molecule has 0 aliphatic rings. The maximum absolute atomic E-state index is 11.1. The summed E-state index contributed by atoms with van der Waals surface area (Å²) in [5.74, 6) is -0.685. The summed E-state index contributed by atoms with van der Waals surface area (Å²) in [6.07, 6.45) is 0.368. The maximum Gasteiger partial charge on any atom is 0.250 e. The summed E-state index contributed by atoms with van der Waals surface area (Å²) in [5, 5.41) is 2.60. The smallest absolute Gasteiger partial charge is 0.250 e. The van der Waals surface area contributed by atoms with E-state index in [9.17, 15) is 9.59 Å². The average molecular weight is 222 g/mol. The lowest BCUT2D eigenvalue weighted by Crippen LogP contribution is -2.17. The number of hydrogen-bond acceptors (Lipinski definition) is 2. The average Bonchev–Trinajstić information content (AvgIpc) is 2.32. The highest BCUT2D eigenvalue weighted by molar-refractivity contribution is 6.02. The van der Waals surface area contributed by atoms with Gasteiger partial charge in [-0.15, -0.1) is 0 Å². The lowest BCUT2D eigenvalue weighted by atomic mass is 10.1. The van der Waals surface area contributed by atoms with Crippen LogP contribution in [0.3, 0.4) is 0 Å². The van der Waals surface area contributed by atoms with Crippen molar-refractivity contribution in [1.29, 1.82) is 0 Å². The van der Waals surface area contributed by atoms with Crippen LogP contribution < -0.4 is 11.1 Å². The number of primary amides is 1. The van der Waals surface area contributed by atoms with Crippen molar-refractivity contribution in [2.75, 3.05) is 5.32 Å².